The minimum Gasteiger partial charge on any atom is -0.387 e. The standard InChI is InChI=1S/C7H14N4O/c1-2-11-6(5-9-10-11)7(12)3-4-8/h5,7,12H,2-4,8H2,1H3. The van der Waals surface area contributed by atoms with Crippen molar-refractivity contribution in [2.75, 3.05) is 6.54 Å². The number of hydrogen-bond acceptors (Lipinski definition) is 4. The lowest BCUT2D eigenvalue weighted by atomic mass is 10.2. The number of aliphatic hydroxyl groups is 1. The van der Waals surface area contributed by atoms with Crippen LogP contribution in [0, 0.1) is 0 Å². The van der Waals surface area contributed by atoms with Crippen LogP contribution in [0.15, 0.2) is 6.20 Å². The van der Waals surface area contributed by atoms with E-state index in [0.717, 1.165) is 12.2 Å². The molecule has 5 nitrogen and oxygen atoms in total. The van der Waals surface area contributed by atoms with Crippen molar-refractivity contribution in [2.24, 2.45) is 5.73 Å². The molecule has 1 atom stereocenters. The SMILES string of the molecule is CCn1nncc1C(O)CCN. The molecule has 0 saturated heterocycles. The molecule has 1 unspecified atom stereocenters. The van der Waals surface area contributed by atoms with Crippen LogP contribution in [0.2, 0.25) is 0 Å². The highest BCUT2D eigenvalue weighted by atomic mass is 16.3. The molecule has 0 aromatic carbocycles. The maximum Gasteiger partial charge on any atom is 0.0985 e. The number of nitrogens with two attached hydrogens (primary N) is 1. The van der Waals surface area contributed by atoms with Crippen molar-refractivity contribution in [1.82, 2.24) is 15.0 Å². The van der Waals surface area contributed by atoms with Crippen molar-refractivity contribution in [3.63, 3.8) is 0 Å². The van der Waals surface area contributed by atoms with Crippen molar-refractivity contribution < 1.29 is 5.11 Å². The van der Waals surface area contributed by atoms with Crippen LogP contribution in [0.25, 0.3) is 0 Å². The van der Waals surface area contributed by atoms with E-state index in [-0.39, 0.29) is 0 Å². The highest BCUT2D eigenvalue weighted by Gasteiger charge is 2.11. The molecule has 0 radical (unpaired) electrons. The number of nitrogens with zero attached hydrogens (tertiary/aromatic N) is 3. The largest absolute Gasteiger partial charge is 0.387 e. The van der Waals surface area contributed by atoms with Crippen LogP contribution < -0.4 is 5.73 Å². The molecule has 68 valence electrons. The highest BCUT2D eigenvalue weighted by molar-refractivity contribution is 4.98. The fourth-order valence-electron chi connectivity index (χ4n) is 1.08. The third-order valence-corrected chi connectivity index (χ3v) is 1.73. The minimum absolute atomic E-state index is 0.468. The van der Waals surface area contributed by atoms with Crippen molar-refractivity contribution >= 4 is 0 Å². The van der Waals surface area contributed by atoms with Gasteiger partial charge in [-0.25, -0.2) is 4.68 Å². The second-order valence-electron chi connectivity index (χ2n) is 2.57. The molecule has 1 aromatic rings. The van der Waals surface area contributed by atoms with E-state index in [1.165, 1.54) is 0 Å². The Morgan fingerprint density at radius 1 is 1.75 bits per heavy atom. The van der Waals surface area contributed by atoms with Crippen LogP contribution in [0.4, 0.5) is 0 Å². The zero-order chi connectivity index (χ0) is 8.97. The Balaban J connectivity index is 2.71. The molecule has 3 N–H and O–H groups in total. The Morgan fingerprint density at radius 3 is 3.08 bits per heavy atom. The summed E-state index contributed by atoms with van der Waals surface area (Å²) >= 11 is 0. The summed E-state index contributed by atoms with van der Waals surface area (Å²) < 4.78 is 1.67. The lowest BCUT2D eigenvalue weighted by Crippen LogP contribution is -2.11. The normalized spacial score (nSPS) is 13.2. The summed E-state index contributed by atoms with van der Waals surface area (Å²) in [5.74, 6) is 0. The van der Waals surface area contributed by atoms with Gasteiger partial charge in [0.25, 0.3) is 0 Å². The van der Waals surface area contributed by atoms with E-state index in [1.807, 2.05) is 6.92 Å². The summed E-state index contributed by atoms with van der Waals surface area (Å²) in [5, 5.41) is 17.1. The highest BCUT2D eigenvalue weighted by Crippen LogP contribution is 2.13. The summed E-state index contributed by atoms with van der Waals surface area (Å²) in [6.45, 7) is 3.14. The van der Waals surface area contributed by atoms with E-state index in [0.29, 0.717) is 13.0 Å². The van der Waals surface area contributed by atoms with Gasteiger partial charge in [-0.1, -0.05) is 5.21 Å². The van der Waals surface area contributed by atoms with Crippen molar-refractivity contribution in [3.05, 3.63) is 11.9 Å². The molecule has 0 fully saturated rings. The van der Waals surface area contributed by atoms with Gasteiger partial charge in [0.05, 0.1) is 18.0 Å². The smallest absolute Gasteiger partial charge is 0.0985 e. The van der Waals surface area contributed by atoms with Crippen LogP contribution in [0.5, 0.6) is 0 Å². The predicted octanol–water partition coefficient (Wildman–Crippen LogP) is -0.320. The zero-order valence-corrected chi connectivity index (χ0v) is 7.14. The molecule has 0 saturated carbocycles. The van der Waals surface area contributed by atoms with Gasteiger partial charge < -0.3 is 10.8 Å². The molecular formula is C7H14N4O. The first-order valence-corrected chi connectivity index (χ1v) is 4.06. The van der Waals surface area contributed by atoms with Crippen molar-refractivity contribution in [3.8, 4) is 0 Å². The van der Waals surface area contributed by atoms with Gasteiger partial charge in [0, 0.05) is 6.54 Å². The maximum atomic E-state index is 9.54. The Kier molecular flexibility index (Phi) is 3.19. The molecule has 5 heteroatoms. The molecule has 1 aromatic heterocycles. The Labute approximate surface area is 71.2 Å². The summed E-state index contributed by atoms with van der Waals surface area (Å²) in [6.07, 6.45) is 1.59. The van der Waals surface area contributed by atoms with Gasteiger partial charge in [-0.3, -0.25) is 0 Å². The zero-order valence-electron chi connectivity index (χ0n) is 7.14. The van der Waals surface area contributed by atoms with E-state index < -0.39 is 6.10 Å². The molecular weight excluding hydrogens is 156 g/mol. The molecule has 0 aliphatic carbocycles. The third kappa shape index (κ3) is 1.80. The van der Waals surface area contributed by atoms with Crippen LogP contribution in [-0.2, 0) is 6.54 Å². The van der Waals surface area contributed by atoms with Gasteiger partial charge in [0.15, 0.2) is 0 Å². The number of aryl methyl sites for hydroxylation is 1. The summed E-state index contributed by atoms with van der Waals surface area (Å²) in [6, 6.07) is 0. The van der Waals surface area contributed by atoms with Crippen LogP contribution >= 0.6 is 0 Å². The molecule has 0 aliphatic rings. The van der Waals surface area contributed by atoms with E-state index in [2.05, 4.69) is 10.3 Å². The molecule has 12 heavy (non-hydrogen) atoms. The quantitative estimate of drug-likeness (QED) is 0.649. The van der Waals surface area contributed by atoms with Gasteiger partial charge >= 0.3 is 0 Å². The van der Waals surface area contributed by atoms with E-state index in [4.69, 9.17) is 5.73 Å². The lowest BCUT2D eigenvalue weighted by Gasteiger charge is -2.09. The second kappa shape index (κ2) is 4.18. The molecule has 0 aliphatic heterocycles. The Morgan fingerprint density at radius 2 is 2.50 bits per heavy atom. The maximum absolute atomic E-state index is 9.54. The average Bonchev–Trinajstić information content (AvgIpc) is 2.51. The summed E-state index contributed by atoms with van der Waals surface area (Å²) in [4.78, 5) is 0. The van der Waals surface area contributed by atoms with Gasteiger partial charge in [0.1, 0.15) is 0 Å². The monoisotopic (exact) mass is 170 g/mol. The van der Waals surface area contributed by atoms with Gasteiger partial charge in [0.2, 0.25) is 0 Å². The summed E-state index contributed by atoms with van der Waals surface area (Å²) in [7, 11) is 0. The fourth-order valence-corrected chi connectivity index (χ4v) is 1.08. The third-order valence-electron chi connectivity index (χ3n) is 1.73. The van der Waals surface area contributed by atoms with Gasteiger partial charge in [-0.05, 0) is 19.9 Å². The number of hydrogen-bond donors (Lipinski definition) is 2. The fraction of sp³-hybridized carbons (Fsp3) is 0.714. The first kappa shape index (κ1) is 9.15. The number of aromatic nitrogens is 3. The molecule has 0 spiro atoms. The first-order chi connectivity index (χ1) is 5.79. The van der Waals surface area contributed by atoms with E-state index in [1.54, 1.807) is 10.9 Å². The van der Waals surface area contributed by atoms with Gasteiger partial charge in [-0.15, -0.1) is 5.10 Å². The summed E-state index contributed by atoms with van der Waals surface area (Å²) in [5.41, 5.74) is 6.06. The van der Waals surface area contributed by atoms with Crippen molar-refractivity contribution in [2.45, 2.75) is 26.0 Å². The Bertz CT molecular complexity index is 235. The minimum atomic E-state index is -0.537. The Hall–Kier alpha value is -0.940. The topological polar surface area (TPSA) is 77.0 Å². The molecule has 1 heterocycles. The van der Waals surface area contributed by atoms with Crippen LogP contribution in [-0.4, -0.2) is 26.6 Å². The van der Waals surface area contributed by atoms with Crippen LogP contribution in [0.1, 0.15) is 25.1 Å². The van der Waals surface area contributed by atoms with E-state index >= 15 is 0 Å². The van der Waals surface area contributed by atoms with E-state index in [9.17, 15) is 5.11 Å². The lowest BCUT2D eigenvalue weighted by molar-refractivity contribution is 0.159. The first-order valence-electron chi connectivity index (χ1n) is 4.06. The van der Waals surface area contributed by atoms with Gasteiger partial charge in [-0.2, -0.15) is 0 Å². The molecule has 1 rings (SSSR count). The molecule has 0 bridgehead atoms. The molecule has 0 amide bonds. The predicted molar refractivity (Wildman–Crippen MR) is 44.3 cm³/mol. The average molecular weight is 170 g/mol. The second-order valence-corrected chi connectivity index (χ2v) is 2.57. The number of aliphatic hydroxyl groups excluding tert-OH is 1. The van der Waals surface area contributed by atoms with Crippen LogP contribution in [0.3, 0.4) is 0 Å². The van der Waals surface area contributed by atoms with Crippen molar-refractivity contribution in [1.29, 1.82) is 0 Å². The number of rotatable bonds is 4.